The summed E-state index contributed by atoms with van der Waals surface area (Å²) in [5.41, 5.74) is 0. The van der Waals surface area contributed by atoms with Crippen LogP contribution in [0.15, 0.2) is 17.5 Å². The predicted octanol–water partition coefficient (Wildman–Crippen LogP) is 1.23. The van der Waals surface area contributed by atoms with Gasteiger partial charge in [-0.2, -0.15) is 4.31 Å². The molecule has 1 aromatic rings. The molecule has 0 aliphatic carbocycles. The average Bonchev–Trinajstić information content (AvgIpc) is 3.23. The zero-order chi connectivity index (χ0) is 20.7. The summed E-state index contributed by atoms with van der Waals surface area (Å²) in [4.78, 5) is 18.2. The molecule has 2 aliphatic heterocycles. The summed E-state index contributed by atoms with van der Waals surface area (Å²) in [6, 6.07) is 4.44. The lowest BCUT2D eigenvalue weighted by molar-refractivity contribution is -0.130. The van der Waals surface area contributed by atoms with Gasteiger partial charge in [-0.25, -0.2) is 8.42 Å². The van der Waals surface area contributed by atoms with E-state index in [0.717, 1.165) is 18.0 Å². The summed E-state index contributed by atoms with van der Waals surface area (Å²) < 4.78 is 27.0. The van der Waals surface area contributed by atoms with Gasteiger partial charge in [0.1, 0.15) is 0 Å². The van der Waals surface area contributed by atoms with Crippen LogP contribution in [0, 0.1) is 0 Å². The van der Waals surface area contributed by atoms with Gasteiger partial charge in [0.05, 0.1) is 12.2 Å². The maximum absolute atomic E-state index is 13.0. The van der Waals surface area contributed by atoms with Crippen LogP contribution in [-0.4, -0.2) is 92.6 Å². The van der Waals surface area contributed by atoms with Crippen molar-refractivity contribution in [2.24, 2.45) is 0 Å². The lowest BCUT2D eigenvalue weighted by Gasteiger charge is -2.35. The number of piperazine rings is 1. The number of nitrogens with one attached hydrogen (secondary N) is 1. The van der Waals surface area contributed by atoms with Gasteiger partial charge in [0.25, 0.3) is 0 Å². The molecular formula is C20H34N4O3S2. The molecular weight excluding hydrogens is 408 g/mol. The van der Waals surface area contributed by atoms with Crippen molar-refractivity contribution in [1.29, 1.82) is 0 Å². The molecule has 2 saturated heterocycles. The average molecular weight is 443 g/mol. The minimum Gasteiger partial charge on any atom is -0.340 e. The third-order valence-corrected chi connectivity index (χ3v) is 8.67. The fourth-order valence-electron chi connectivity index (χ4n) is 4.05. The van der Waals surface area contributed by atoms with Crippen molar-refractivity contribution in [2.45, 2.75) is 38.6 Å². The highest BCUT2D eigenvalue weighted by atomic mass is 32.2. The van der Waals surface area contributed by atoms with Crippen molar-refractivity contribution >= 4 is 27.3 Å². The van der Waals surface area contributed by atoms with Gasteiger partial charge in [-0.3, -0.25) is 9.69 Å². The molecule has 29 heavy (non-hydrogen) atoms. The van der Waals surface area contributed by atoms with Gasteiger partial charge >= 0.3 is 0 Å². The number of thiophene rings is 1. The molecule has 1 amide bonds. The van der Waals surface area contributed by atoms with E-state index in [1.54, 1.807) is 20.5 Å². The Kier molecular flexibility index (Phi) is 8.49. The number of hydrogen-bond acceptors (Lipinski definition) is 6. The van der Waals surface area contributed by atoms with Crippen LogP contribution in [0.1, 0.15) is 31.1 Å². The Bertz CT molecular complexity index is 733. The third kappa shape index (κ3) is 6.75. The topological polar surface area (TPSA) is 73.0 Å². The van der Waals surface area contributed by atoms with E-state index < -0.39 is 10.0 Å². The molecule has 1 atom stereocenters. The third-order valence-electron chi connectivity index (χ3n) is 5.94. The van der Waals surface area contributed by atoms with Crippen LogP contribution in [0.2, 0.25) is 0 Å². The van der Waals surface area contributed by atoms with Gasteiger partial charge in [-0.1, -0.05) is 12.5 Å². The predicted molar refractivity (Wildman–Crippen MR) is 118 cm³/mol. The standard InChI is InChI=1S/C20H34N4O3S2/c1-18-5-2-3-9-22(18)12-13-23(20(25)17-19-6-4-15-28-19)14-16-29(26,27)24-10-7-21-8-11-24/h4,6,15,18,21H,2-3,5,7-14,16-17H2,1H3/t18-/m1/s1. The summed E-state index contributed by atoms with van der Waals surface area (Å²) in [5.74, 6) is 0.0197. The Morgan fingerprint density at radius 1 is 1.24 bits per heavy atom. The lowest BCUT2D eigenvalue weighted by Crippen LogP contribution is -2.49. The maximum atomic E-state index is 13.0. The number of carbonyl (C=O) groups excluding carboxylic acids is 1. The van der Waals surface area contributed by atoms with Crippen molar-refractivity contribution < 1.29 is 13.2 Å². The van der Waals surface area contributed by atoms with Crippen LogP contribution >= 0.6 is 11.3 Å². The van der Waals surface area contributed by atoms with E-state index in [2.05, 4.69) is 17.1 Å². The number of rotatable bonds is 9. The van der Waals surface area contributed by atoms with E-state index in [1.165, 1.54) is 19.3 Å². The summed E-state index contributed by atoms with van der Waals surface area (Å²) in [7, 11) is -3.34. The van der Waals surface area contributed by atoms with Crippen molar-refractivity contribution in [3.05, 3.63) is 22.4 Å². The fraction of sp³-hybridized carbons (Fsp3) is 0.750. The molecule has 0 bridgehead atoms. The normalized spacial score (nSPS) is 21.9. The second kappa shape index (κ2) is 10.9. The second-order valence-corrected chi connectivity index (χ2v) is 11.1. The van der Waals surface area contributed by atoms with Gasteiger partial charge in [-0.05, 0) is 37.8 Å². The highest BCUT2D eigenvalue weighted by Gasteiger charge is 2.26. The highest BCUT2D eigenvalue weighted by Crippen LogP contribution is 2.17. The second-order valence-electron chi connectivity index (χ2n) is 7.98. The van der Waals surface area contributed by atoms with Crippen molar-refractivity contribution in [1.82, 2.24) is 19.4 Å². The summed E-state index contributed by atoms with van der Waals surface area (Å²) in [5, 5.41) is 5.15. The monoisotopic (exact) mass is 442 g/mol. The van der Waals surface area contributed by atoms with Crippen LogP contribution in [0.25, 0.3) is 0 Å². The van der Waals surface area contributed by atoms with Crippen molar-refractivity contribution in [3.8, 4) is 0 Å². The largest absolute Gasteiger partial charge is 0.340 e. The van der Waals surface area contributed by atoms with Crippen LogP contribution in [0.5, 0.6) is 0 Å². The lowest BCUT2D eigenvalue weighted by atomic mass is 10.0. The molecule has 1 N–H and O–H groups in total. The van der Waals surface area contributed by atoms with Gasteiger partial charge in [-0.15, -0.1) is 11.3 Å². The quantitative estimate of drug-likeness (QED) is 0.623. The first-order valence-corrected chi connectivity index (χ1v) is 13.2. The van der Waals surface area contributed by atoms with E-state index in [-0.39, 0.29) is 18.2 Å². The number of hydrogen-bond donors (Lipinski definition) is 1. The fourth-order valence-corrected chi connectivity index (χ4v) is 6.20. The SMILES string of the molecule is C[C@@H]1CCCCN1CCN(CCS(=O)(=O)N1CCNCC1)C(=O)Cc1cccs1. The molecule has 0 saturated carbocycles. The molecule has 0 spiro atoms. The zero-order valence-corrected chi connectivity index (χ0v) is 19.0. The molecule has 9 heteroatoms. The highest BCUT2D eigenvalue weighted by molar-refractivity contribution is 7.89. The first-order chi connectivity index (χ1) is 14.0. The molecule has 0 radical (unpaired) electrons. The molecule has 7 nitrogen and oxygen atoms in total. The van der Waals surface area contributed by atoms with Gasteiger partial charge in [0.2, 0.25) is 15.9 Å². The van der Waals surface area contributed by atoms with Crippen LogP contribution in [0.3, 0.4) is 0 Å². The smallest absolute Gasteiger partial charge is 0.227 e. The number of piperidine rings is 1. The van der Waals surface area contributed by atoms with E-state index in [0.29, 0.717) is 45.2 Å². The molecule has 3 heterocycles. The van der Waals surface area contributed by atoms with E-state index in [9.17, 15) is 13.2 Å². The van der Waals surface area contributed by atoms with Gasteiger partial charge in [0, 0.05) is 56.7 Å². The van der Waals surface area contributed by atoms with E-state index in [4.69, 9.17) is 0 Å². The number of nitrogens with zero attached hydrogens (tertiary/aromatic N) is 3. The first-order valence-electron chi connectivity index (χ1n) is 10.7. The minimum absolute atomic E-state index is 0.00126. The summed E-state index contributed by atoms with van der Waals surface area (Å²) >= 11 is 1.57. The Morgan fingerprint density at radius 3 is 2.72 bits per heavy atom. The molecule has 3 rings (SSSR count). The van der Waals surface area contributed by atoms with E-state index in [1.807, 2.05) is 17.5 Å². The molecule has 0 unspecified atom stereocenters. The molecule has 0 aromatic carbocycles. The Balaban J connectivity index is 1.60. The van der Waals surface area contributed by atoms with Gasteiger partial charge < -0.3 is 10.2 Å². The van der Waals surface area contributed by atoms with Crippen LogP contribution in [-0.2, 0) is 21.2 Å². The zero-order valence-electron chi connectivity index (χ0n) is 17.4. The summed E-state index contributed by atoms with van der Waals surface area (Å²) in [6.07, 6.45) is 4.01. The van der Waals surface area contributed by atoms with Crippen molar-refractivity contribution in [3.63, 3.8) is 0 Å². The van der Waals surface area contributed by atoms with Crippen LogP contribution < -0.4 is 5.32 Å². The molecule has 2 aliphatic rings. The Morgan fingerprint density at radius 2 is 2.03 bits per heavy atom. The Labute approximate surface area is 179 Å². The Hall–Kier alpha value is -1.000. The van der Waals surface area contributed by atoms with Crippen LogP contribution in [0.4, 0.5) is 0 Å². The number of sulfonamides is 1. The van der Waals surface area contributed by atoms with Gasteiger partial charge in [0.15, 0.2) is 0 Å². The molecule has 2 fully saturated rings. The molecule has 1 aromatic heterocycles. The summed E-state index contributed by atoms with van der Waals surface area (Å²) in [6.45, 7) is 7.36. The van der Waals surface area contributed by atoms with Crippen molar-refractivity contribution in [2.75, 3.05) is 58.1 Å². The number of carbonyl (C=O) groups is 1. The minimum atomic E-state index is -3.34. The number of amides is 1. The maximum Gasteiger partial charge on any atom is 0.227 e. The first kappa shape index (κ1) is 22.7. The number of likely N-dealkylation sites (tertiary alicyclic amines) is 1. The molecule has 164 valence electrons. The van der Waals surface area contributed by atoms with E-state index >= 15 is 0 Å².